The second-order valence-corrected chi connectivity index (χ2v) is 7.47. The van der Waals surface area contributed by atoms with E-state index >= 15 is 0 Å². The summed E-state index contributed by atoms with van der Waals surface area (Å²) in [7, 11) is 1.62. The van der Waals surface area contributed by atoms with Gasteiger partial charge in [-0.1, -0.05) is 43.9 Å². The van der Waals surface area contributed by atoms with Crippen LogP contribution in [0.4, 0.5) is 0 Å². The number of amides is 2. The molecule has 0 aromatic heterocycles. The summed E-state index contributed by atoms with van der Waals surface area (Å²) >= 11 is 0. The number of methoxy groups -OCH3 is 1. The number of para-hydroxylation sites is 1. The van der Waals surface area contributed by atoms with Gasteiger partial charge < -0.3 is 14.5 Å². The lowest BCUT2D eigenvalue weighted by molar-refractivity contribution is -0.137. The van der Waals surface area contributed by atoms with E-state index in [1.807, 2.05) is 34.1 Å². The molecular formula is C22H30N2O3. The molecule has 0 unspecified atom stereocenters. The Labute approximate surface area is 162 Å². The molecule has 5 heteroatoms. The lowest BCUT2D eigenvalue weighted by Gasteiger charge is -2.34. The second-order valence-electron chi connectivity index (χ2n) is 7.47. The van der Waals surface area contributed by atoms with Gasteiger partial charge in [-0.2, -0.15) is 0 Å². The largest absolute Gasteiger partial charge is 0.496 e. The van der Waals surface area contributed by atoms with Crippen LogP contribution < -0.4 is 4.74 Å². The van der Waals surface area contributed by atoms with E-state index < -0.39 is 0 Å². The molecule has 2 aliphatic rings. The molecule has 1 saturated carbocycles. The van der Waals surface area contributed by atoms with Crippen LogP contribution in [0.3, 0.4) is 0 Å². The molecule has 3 rings (SSSR count). The fraction of sp³-hybridized carbons (Fsp3) is 0.545. The molecule has 146 valence electrons. The van der Waals surface area contributed by atoms with Crippen LogP contribution in [0.5, 0.6) is 5.75 Å². The van der Waals surface area contributed by atoms with Crippen molar-refractivity contribution in [1.29, 1.82) is 0 Å². The first-order valence-electron chi connectivity index (χ1n) is 10.0. The Kier molecular flexibility index (Phi) is 6.91. The Morgan fingerprint density at radius 1 is 1.07 bits per heavy atom. The van der Waals surface area contributed by atoms with Gasteiger partial charge in [0.2, 0.25) is 11.8 Å². The van der Waals surface area contributed by atoms with Crippen LogP contribution in [0.1, 0.15) is 44.1 Å². The molecule has 1 aliphatic heterocycles. The Hall–Kier alpha value is -2.30. The number of rotatable bonds is 6. The average Bonchev–Trinajstić information content (AvgIpc) is 3.24. The molecule has 0 N–H and O–H groups in total. The number of nitrogens with zero attached hydrogens (tertiary/aromatic N) is 2. The third-order valence-electron chi connectivity index (χ3n) is 5.73. The van der Waals surface area contributed by atoms with Gasteiger partial charge >= 0.3 is 0 Å². The average molecular weight is 370 g/mol. The van der Waals surface area contributed by atoms with Crippen molar-refractivity contribution in [2.75, 3.05) is 33.3 Å². The SMILES string of the molecule is COc1ccccc1/C=C/C(=O)N1CCN(C(=O)CCC2CCCC2)CC1. The number of hydrogen-bond donors (Lipinski definition) is 0. The first-order valence-corrected chi connectivity index (χ1v) is 10.0. The summed E-state index contributed by atoms with van der Waals surface area (Å²) < 4.78 is 5.30. The molecule has 1 aliphatic carbocycles. The van der Waals surface area contributed by atoms with Crippen LogP contribution in [0.15, 0.2) is 30.3 Å². The van der Waals surface area contributed by atoms with E-state index in [2.05, 4.69) is 0 Å². The highest BCUT2D eigenvalue weighted by molar-refractivity contribution is 5.92. The normalized spacial score (nSPS) is 18.3. The quantitative estimate of drug-likeness (QED) is 0.722. The van der Waals surface area contributed by atoms with Crippen LogP contribution in [-0.2, 0) is 9.59 Å². The zero-order valence-corrected chi connectivity index (χ0v) is 16.2. The Bertz CT molecular complexity index is 672. The van der Waals surface area contributed by atoms with E-state index in [-0.39, 0.29) is 11.8 Å². The summed E-state index contributed by atoms with van der Waals surface area (Å²) in [5, 5.41) is 0. The molecular weight excluding hydrogens is 340 g/mol. The van der Waals surface area contributed by atoms with Crippen molar-refractivity contribution in [3.63, 3.8) is 0 Å². The van der Waals surface area contributed by atoms with E-state index in [4.69, 9.17) is 4.74 Å². The third kappa shape index (κ3) is 5.34. The molecule has 1 aromatic rings. The third-order valence-corrected chi connectivity index (χ3v) is 5.73. The number of benzene rings is 1. The molecule has 0 atom stereocenters. The molecule has 2 fully saturated rings. The standard InChI is InChI=1S/C22H30N2O3/c1-27-20-9-5-4-8-19(20)11-13-22(26)24-16-14-23(15-17-24)21(25)12-10-18-6-2-3-7-18/h4-5,8-9,11,13,18H,2-3,6-7,10,12,14-17H2,1H3/b13-11+. The predicted octanol–water partition coefficient (Wildman–Crippen LogP) is 3.35. The highest BCUT2D eigenvalue weighted by Crippen LogP contribution is 2.28. The smallest absolute Gasteiger partial charge is 0.246 e. The first kappa shape index (κ1) is 19.5. The predicted molar refractivity (Wildman–Crippen MR) is 106 cm³/mol. The summed E-state index contributed by atoms with van der Waals surface area (Å²) in [5.41, 5.74) is 0.883. The van der Waals surface area contributed by atoms with E-state index in [1.54, 1.807) is 19.3 Å². The molecule has 0 spiro atoms. The molecule has 1 saturated heterocycles. The lowest BCUT2D eigenvalue weighted by atomic mass is 10.0. The van der Waals surface area contributed by atoms with Gasteiger partial charge in [-0.15, -0.1) is 0 Å². The molecule has 27 heavy (non-hydrogen) atoms. The monoisotopic (exact) mass is 370 g/mol. The minimum atomic E-state index is -0.0149. The summed E-state index contributed by atoms with van der Waals surface area (Å²) in [6.07, 6.45) is 10.3. The Morgan fingerprint density at radius 3 is 2.44 bits per heavy atom. The fourth-order valence-corrected chi connectivity index (χ4v) is 4.03. The number of carbonyl (C=O) groups is 2. The maximum Gasteiger partial charge on any atom is 0.246 e. The minimum Gasteiger partial charge on any atom is -0.496 e. The van der Waals surface area contributed by atoms with Crippen molar-refractivity contribution < 1.29 is 14.3 Å². The summed E-state index contributed by atoms with van der Waals surface area (Å²) in [5.74, 6) is 1.73. The molecule has 5 nitrogen and oxygen atoms in total. The highest BCUT2D eigenvalue weighted by atomic mass is 16.5. The zero-order chi connectivity index (χ0) is 19.1. The van der Waals surface area contributed by atoms with E-state index in [1.165, 1.54) is 25.7 Å². The summed E-state index contributed by atoms with van der Waals surface area (Å²) in [6, 6.07) is 7.62. The van der Waals surface area contributed by atoms with Crippen molar-refractivity contribution >= 4 is 17.9 Å². The minimum absolute atomic E-state index is 0.0149. The van der Waals surface area contributed by atoms with Gasteiger partial charge in [0, 0.05) is 44.2 Å². The molecule has 1 heterocycles. The van der Waals surface area contributed by atoms with Gasteiger partial charge in [-0.05, 0) is 24.5 Å². The van der Waals surface area contributed by atoms with Crippen molar-refractivity contribution in [2.24, 2.45) is 5.92 Å². The topological polar surface area (TPSA) is 49.9 Å². The van der Waals surface area contributed by atoms with Gasteiger partial charge in [0.05, 0.1) is 7.11 Å². The maximum atomic E-state index is 12.4. The number of piperazine rings is 1. The van der Waals surface area contributed by atoms with Crippen LogP contribution in [0.25, 0.3) is 6.08 Å². The maximum absolute atomic E-state index is 12.4. The van der Waals surface area contributed by atoms with E-state index in [9.17, 15) is 9.59 Å². The van der Waals surface area contributed by atoms with Crippen molar-refractivity contribution in [2.45, 2.75) is 38.5 Å². The van der Waals surface area contributed by atoms with Crippen molar-refractivity contribution in [3.05, 3.63) is 35.9 Å². The van der Waals surface area contributed by atoms with Crippen molar-refractivity contribution in [1.82, 2.24) is 9.80 Å². The fourth-order valence-electron chi connectivity index (χ4n) is 4.03. The van der Waals surface area contributed by atoms with Gasteiger partial charge in [0.15, 0.2) is 0 Å². The second kappa shape index (κ2) is 9.58. The molecule has 0 radical (unpaired) electrons. The van der Waals surface area contributed by atoms with Crippen LogP contribution in [0, 0.1) is 5.92 Å². The molecule has 2 amide bonds. The van der Waals surface area contributed by atoms with Gasteiger partial charge in [-0.3, -0.25) is 9.59 Å². The van der Waals surface area contributed by atoms with Crippen LogP contribution in [0.2, 0.25) is 0 Å². The first-order chi connectivity index (χ1) is 13.2. The van der Waals surface area contributed by atoms with Crippen LogP contribution in [-0.4, -0.2) is 54.9 Å². The van der Waals surface area contributed by atoms with Crippen LogP contribution >= 0.6 is 0 Å². The number of ether oxygens (including phenoxy) is 1. The van der Waals surface area contributed by atoms with Gasteiger partial charge in [-0.25, -0.2) is 0 Å². The Morgan fingerprint density at radius 2 is 1.74 bits per heavy atom. The lowest BCUT2D eigenvalue weighted by Crippen LogP contribution is -2.50. The number of carbonyl (C=O) groups excluding carboxylic acids is 2. The zero-order valence-electron chi connectivity index (χ0n) is 16.2. The highest BCUT2D eigenvalue weighted by Gasteiger charge is 2.24. The number of hydrogen-bond acceptors (Lipinski definition) is 3. The van der Waals surface area contributed by atoms with E-state index in [0.29, 0.717) is 32.6 Å². The van der Waals surface area contributed by atoms with Gasteiger partial charge in [0.25, 0.3) is 0 Å². The molecule has 1 aromatic carbocycles. The summed E-state index contributed by atoms with van der Waals surface area (Å²) in [4.78, 5) is 28.6. The van der Waals surface area contributed by atoms with Gasteiger partial charge in [0.1, 0.15) is 5.75 Å². The molecule has 0 bridgehead atoms. The van der Waals surface area contributed by atoms with Crippen molar-refractivity contribution in [3.8, 4) is 5.75 Å². The van der Waals surface area contributed by atoms with E-state index in [0.717, 1.165) is 23.7 Å². The Balaban J connectivity index is 1.44. The summed E-state index contributed by atoms with van der Waals surface area (Å²) in [6.45, 7) is 2.48.